The summed E-state index contributed by atoms with van der Waals surface area (Å²) in [6.45, 7) is 8.98. The molecule has 15 heavy (non-hydrogen) atoms. The number of hydrogen-bond acceptors (Lipinski definition) is 5. The Morgan fingerprint density at radius 2 is 1.27 bits per heavy atom. The molecule has 0 radical (unpaired) electrons. The van der Waals surface area contributed by atoms with Gasteiger partial charge in [0.25, 0.3) is 0 Å². The molecule has 5 nitrogen and oxygen atoms in total. The second-order valence-electron chi connectivity index (χ2n) is 2.90. The van der Waals surface area contributed by atoms with Crippen molar-refractivity contribution in [2.45, 2.75) is 13.8 Å². The van der Waals surface area contributed by atoms with Crippen molar-refractivity contribution in [3.63, 3.8) is 0 Å². The van der Waals surface area contributed by atoms with E-state index >= 15 is 0 Å². The van der Waals surface area contributed by atoms with Crippen LogP contribution in [0.2, 0.25) is 0 Å². The SMILES string of the molecule is C=C(C)C(=O)OC(=O)C(=O)C(=O)C(=C)C. The zero-order valence-electron chi connectivity index (χ0n) is 8.46. The Kier molecular flexibility index (Phi) is 4.32. The summed E-state index contributed by atoms with van der Waals surface area (Å²) in [5.74, 6) is -5.05. The molecular weight excluding hydrogens is 200 g/mol. The van der Waals surface area contributed by atoms with Crippen LogP contribution in [-0.4, -0.2) is 23.5 Å². The van der Waals surface area contributed by atoms with Crippen LogP contribution in [-0.2, 0) is 23.9 Å². The van der Waals surface area contributed by atoms with Gasteiger partial charge in [0.2, 0.25) is 5.78 Å². The van der Waals surface area contributed by atoms with Crippen molar-refractivity contribution >= 4 is 23.5 Å². The molecule has 0 bridgehead atoms. The van der Waals surface area contributed by atoms with Gasteiger partial charge in [-0.3, -0.25) is 9.59 Å². The fourth-order valence-electron chi connectivity index (χ4n) is 0.504. The minimum Gasteiger partial charge on any atom is -0.383 e. The van der Waals surface area contributed by atoms with Crippen LogP contribution in [0.15, 0.2) is 24.3 Å². The van der Waals surface area contributed by atoms with Gasteiger partial charge < -0.3 is 4.74 Å². The Hall–Kier alpha value is -2.04. The maximum atomic E-state index is 11.0. The first kappa shape index (κ1) is 13.0. The summed E-state index contributed by atoms with van der Waals surface area (Å²) in [4.78, 5) is 43.7. The average molecular weight is 210 g/mol. The molecule has 0 aromatic heterocycles. The van der Waals surface area contributed by atoms with Gasteiger partial charge in [-0.1, -0.05) is 13.2 Å². The lowest BCUT2D eigenvalue weighted by atomic mass is 10.1. The van der Waals surface area contributed by atoms with Gasteiger partial charge >= 0.3 is 17.7 Å². The second kappa shape index (κ2) is 4.99. The summed E-state index contributed by atoms with van der Waals surface area (Å²) >= 11 is 0. The molecule has 0 amide bonds. The summed E-state index contributed by atoms with van der Waals surface area (Å²) in [6, 6.07) is 0. The number of ketones is 2. The summed E-state index contributed by atoms with van der Waals surface area (Å²) in [6.07, 6.45) is 0. The van der Waals surface area contributed by atoms with Gasteiger partial charge in [-0.2, -0.15) is 0 Å². The predicted octanol–water partition coefficient (Wildman–Crippen LogP) is 0.347. The lowest BCUT2D eigenvalue weighted by Gasteiger charge is -2.00. The quantitative estimate of drug-likeness (QED) is 0.289. The number of rotatable bonds is 4. The fraction of sp³-hybridized carbons (Fsp3) is 0.200. The lowest BCUT2D eigenvalue weighted by Crippen LogP contribution is -2.28. The van der Waals surface area contributed by atoms with E-state index in [9.17, 15) is 19.2 Å². The summed E-state index contributed by atoms with van der Waals surface area (Å²) < 4.78 is 4.06. The van der Waals surface area contributed by atoms with E-state index in [4.69, 9.17) is 0 Å². The maximum absolute atomic E-state index is 11.0. The highest BCUT2D eigenvalue weighted by Crippen LogP contribution is 1.97. The standard InChI is InChI=1S/C10H10O5/c1-5(2)7(11)8(12)10(14)15-9(13)6(3)4/h1,3H2,2,4H3. The largest absolute Gasteiger partial charge is 0.391 e. The molecule has 0 saturated heterocycles. The van der Waals surface area contributed by atoms with Crippen LogP contribution in [0.5, 0.6) is 0 Å². The predicted molar refractivity (Wildman–Crippen MR) is 50.7 cm³/mol. The molecule has 0 atom stereocenters. The second-order valence-corrected chi connectivity index (χ2v) is 2.90. The molecule has 0 aromatic carbocycles. The van der Waals surface area contributed by atoms with E-state index in [0.29, 0.717) is 0 Å². The van der Waals surface area contributed by atoms with Gasteiger partial charge in [0, 0.05) is 5.57 Å². The average Bonchev–Trinajstić information content (AvgIpc) is 2.14. The Balaban J connectivity index is 4.55. The van der Waals surface area contributed by atoms with E-state index in [1.807, 2.05) is 0 Å². The highest BCUT2D eigenvalue weighted by Gasteiger charge is 2.26. The van der Waals surface area contributed by atoms with Crippen LogP contribution >= 0.6 is 0 Å². The molecule has 0 N–H and O–H groups in total. The van der Waals surface area contributed by atoms with E-state index < -0.39 is 23.5 Å². The van der Waals surface area contributed by atoms with E-state index in [2.05, 4.69) is 17.9 Å². The van der Waals surface area contributed by atoms with Crippen molar-refractivity contribution in [1.82, 2.24) is 0 Å². The van der Waals surface area contributed by atoms with Crippen molar-refractivity contribution in [2.24, 2.45) is 0 Å². The molecule has 0 aliphatic heterocycles. The van der Waals surface area contributed by atoms with Crippen LogP contribution in [0.4, 0.5) is 0 Å². The third-order valence-corrected chi connectivity index (χ3v) is 1.31. The van der Waals surface area contributed by atoms with Crippen molar-refractivity contribution in [3.8, 4) is 0 Å². The van der Waals surface area contributed by atoms with Gasteiger partial charge in [0.15, 0.2) is 0 Å². The van der Waals surface area contributed by atoms with Crippen LogP contribution in [0.3, 0.4) is 0 Å². The molecule has 0 unspecified atom stereocenters. The molecule has 80 valence electrons. The minimum atomic E-state index is -1.52. The van der Waals surface area contributed by atoms with Crippen molar-refractivity contribution in [2.75, 3.05) is 0 Å². The molecule has 0 aliphatic rings. The van der Waals surface area contributed by atoms with Crippen molar-refractivity contribution in [3.05, 3.63) is 24.3 Å². The Morgan fingerprint density at radius 3 is 1.60 bits per heavy atom. The van der Waals surface area contributed by atoms with Crippen LogP contribution in [0, 0.1) is 0 Å². The third kappa shape index (κ3) is 3.68. The van der Waals surface area contributed by atoms with Crippen LogP contribution in [0.25, 0.3) is 0 Å². The normalized spacial score (nSPS) is 8.93. The number of Topliss-reactive ketones (excluding diaryl/α,β-unsaturated/α-hetero) is 2. The van der Waals surface area contributed by atoms with Gasteiger partial charge in [0.1, 0.15) is 0 Å². The number of hydrogen-bond donors (Lipinski definition) is 0. The van der Waals surface area contributed by atoms with E-state index in [-0.39, 0.29) is 11.1 Å². The molecule has 0 aromatic rings. The topological polar surface area (TPSA) is 77.5 Å². The van der Waals surface area contributed by atoms with Gasteiger partial charge in [-0.25, -0.2) is 9.59 Å². The molecule has 0 saturated carbocycles. The minimum absolute atomic E-state index is 0.0427. The van der Waals surface area contributed by atoms with Crippen molar-refractivity contribution in [1.29, 1.82) is 0 Å². The van der Waals surface area contributed by atoms with E-state index in [1.165, 1.54) is 13.8 Å². The van der Waals surface area contributed by atoms with Gasteiger partial charge in [-0.15, -0.1) is 0 Å². The molecule has 0 heterocycles. The zero-order valence-corrected chi connectivity index (χ0v) is 8.46. The van der Waals surface area contributed by atoms with Gasteiger partial charge in [0.05, 0.1) is 0 Å². The first-order valence-electron chi connectivity index (χ1n) is 3.93. The van der Waals surface area contributed by atoms with Crippen LogP contribution in [0.1, 0.15) is 13.8 Å². The first-order chi connectivity index (χ1) is 6.77. The summed E-state index contributed by atoms with van der Waals surface area (Å²) in [5.41, 5.74) is -0.140. The number of allylic oxidation sites excluding steroid dienone is 1. The molecule has 0 aliphatic carbocycles. The maximum Gasteiger partial charge on any atom is 0.391 e. The number of ether oxygens (including phenoxy) is 1. The van der Waals surface area contributed by atoms with E-state index in [1.54, 1.807) is 0 Å². The smallest absolute Gasteiger partial charge is 0.383 e. The fourth-order valence-corrected chi connectivity index (χ4v) is 0.504. The highest BCUT2D eigenvalue weighted by atomic mass is 16.6. The van der Waals surface area contributed by atoms with Crippen LogP contribution < -0.4 is 0 Å². The first-order valence-corrected chi connectivity index (χ1v) is 3.93. The lowest BCUT2D eigenvalue weighted by molar-refractivity contribution is -0.162. The number of carbonyl (C=O) groups is 4. The molecular formula is C10H10O5. The molecule has 0 spiro atoms. The Bertz CT molecular complexity index is 375. The summed E-state index contributed by atoms with van der Waals surface area (Å²) in [7, 11) is 0. The Labute approximate surface area is 86.4 Å². The molecule has 0 rings (SSSR count). The summed E-state index contributed by atoms with van der Waals surface area (Å²) in [5, 5.41) is 0. The number of esters is 2. The third-order valence-electron chi connectivity index (χ3n) is 1.31. The highest BCUT2D eigenvalue weighted by molar-refractivity contribution is 6.65. The van der Waals surface area contributed by atoms with Gasteiger partial charge in [-0.05, 0) is 19.4 Å². The Morgan fingerprint density at radius 1 is 0.800 bits per heavy atom. The van der Waals surface area contributed by atoms with E-state index in [0.717, 1.165) is 0 Å². The molecule has 5 heteroatoms. The molecule has 0 fully saturated rings. The number of carbonyl (C=O) groups excluding carboxylic acids is 4. The monoisotopic (exact) mass is 210 g/mol. The zero-order chi connectivity index (χ0) is 12.2. The van der Waals surface area contributed by atoms with Crippen molar-refractivity contribution < 1.29 is 23.9 Å².